The van der Waals surface area contributed by atoms with Gasteiger partial charge in [-0.25, -0.2) is 23.4 Å². The summed E-state index contributed by atoms with van der Waals surface area (Å²) in [6, 6.07) is 8.57. The number of hydrogen-bond acceptors (Lipinski definition) is 10. The standard InChI is InChI=1S/C22H24N8O4S/c1-14-12-24-20(25-13-14)19(34-4)15(2)35(31,32)29-22-28-27-21(17-6-5-7-18(26-17)33-3)30(22)16-8-10-23-11-9-16/h5-13,15,19H,1-4H3,(H,28,29)/t15-,19-/m0/s1. The van der Waals surface area contributed by atoms with Gasteiger partial charge in [0, 0.05) is 38.0 Å². The van der Waals surface area contributed by atoms with Gasteiger partial charge in [0.15, 0.2) is 11.6 Å². The summed E-state index contributed by atoms with van der Waals surface area (Å²) < 4.78 is 41.5. The van der Waals surface area contributed by atoms with Crippen LogP contribution >= 0.6 is 0 Å². The van der Waals surface area contributed by atoms with Gasteiger partial charge in [-0.2, -0.15) is 0 Å². The maximum atomic E-state index is 13.4. The lowest BCUT2D eigenvalue weighted by atomic mass is 10.2. The topological polar surface area (TPSA) is 147 Å². The maximum Gasteiger partial charge on any atom is 0.243 e. The van der Waals surface area contributed by atoms with Gasteiger partial charge in [-0.1, -0.05) is 6.07 Å². The highest BCUT2D eigenvalue weighted by Crippen LogP contribution is 2.28. The van der Waals surface area contributed by atoms with Gasteiger partial charge in [-0.05, 0) is 37.6 Å². The maximum absolute atomic E-state index is 13.4. The Bertz CT molecular complexity index is 1390. The Balaban J connectivity index is 1.74. The van der Waals surface area contributed by atoms with Crippen molar-refractivity contribution >= 4 is 16.0 Å². The smallest absolute Gasteiger partial charge is 0.243 e. The Hall–Kier alpha value is -3.97. The second-order valence-electron chi connectivity index (χ2n) is 7.58. The minimum absolute atomic E-state index is 0.0256. The van der Waals surface area contributed by atoms with Crippen molar-refractivity contribution in [3.63, 3.8) is 0 Å². The Morgan fingerprint density at radius 3 is 2.40 bits per heavy atom. The average molecular weight is 497 g/mol. The van der Waals surface area contributed by atoms with Crippen LogP contribution in [-0.4, -0.2) is 62.6 Å². The van der Waals surface area contributed by atoms with Gasteiger partial charge >= 0.3 is 0 Å². The highest BCUT2D eigenvalue weighted by molar-refractivity contribution is 7.93. The van der Waals surface area contributed by atoms with Gasteiger partial charge in [0.2, 0.25) is 21.9 Å². The number of sulfonamides is 1. The van der Waals surface area contributed by atoms with Gasteiger partial charge in [-0.15, -0.1) is 10.2 Å². The number of rotatable bonds is 9. The van der Waals surface area contributed by atoms with Crippen molar-refractivity contribution in [3.8, 4) is 23.1 Å². The molecule has 0 unspecified atom stereocenters. The van der Waals surface area contributed by atoms with E-state index in [1.54, 1.807) is 55.1 Å². The molecule has 1 N–H and O–H groups in total. The predicted molar refractivity (Wildman–Crippen MR) is 127 cm³/mol. The molecule has 4 rings (SSSR count). The molecule has 0 aliphatic rings. The van der Waals surface area contributed by atoms with E-state index in [1.807, 2.05) is 6.92 Å². The van der Waals surface area contributed by atoms with Crippen LogP contribution in [0.3, 0.4) is 0 Å². The van der Waals surface area contributed by atoms with Gasteiger partial charge in [0.25, 0.3) is 0 Å². The number of methoxy groups -OCH3 is 2. The Morgan fingerprint density at radius 2 is 1.74 bits per heavy atom. The molecule has 0 aliphatic heterocycles. The third kappa shape index (κ3) is 5.10. The molecule has 0 spiro atoms. The minimum Gasteiger partial charge on any atom is -0.481 e. The van der Waals surface area contributed by atoms with E-state index in [0.717, 1.165) is 5.56 Å². The van der Waals surface area contributed by atoms with Crippen LogP contribution in [0.1, 0.15) is 24.4 Å². The molecule has 0 saturated carbocycles. The van der Waals surface area contributed by atoms with Crippen molar-refractivity contribution in [2.24, 2.45) is 0 Å². The average Bonchev–Trinajstić information content (AvgIpc) is 3.29. The molecule has 0 amide bonds. The number of aromatic nitrogens is 7. The van der Waals surface area contributed by atoms with Crippen molar-refractivity contribution in [1.82, 2.24) is 34.7 Å². The Morgan fingerprint density at radius 1 is 1.03 bits per heavy atom. The first-order valence-corrected chi connectivity index (χ1v) is 12.1. The first-order chi connectivity index (χ1) is 16.8. The van der Waals surface area contributed by atoms with E-state index in [1.165, 1.54) is 25.7 Å². The van der Waals surface area contributed by atoms with Gasteiger partial charge < -0.3 is 9.47 Å². The number of nitrogens with one attached hydrogen (secondary N) is 1. The van der Waals surface area contributed by atoms with Crippen LogP contribution < -0.4 is 9.46 Å². The molecule has 0 bridgehead atoms. The zero-order chi connectivity index (χ0) is 25.0. The monoisotopic (exact) mass is 496 g/mol. The summed E-state index contributed by atoms with van der Waals surface area (Å²) in [5.41, 5.74) is 1.87. The highest BCUT2D eigenvalue weighted by Gasteiger charge is 2.34. The Kier molecular flexibility index (Phi) is 6.98. The van der Waals surface area contributed by atoms with Crippen LogP contribution in [0.4, 0.5) is 5.95 Å². The summed E-state index contributed by atoms with van der Waals surface area (Å²) in [6.45, 7) is 3.35. The molecular formula is C22H24N8O4S. The van der Waals surface area contributed by atoms with E-state index in [9.17, 15) is 8.42 Å². The van der Waals surface area contributed by atoms with E-state index < -0.39 is 21.4 Å². The summed E-state index contributed by atoms with van der Waals surface area (Å²) in [6.07, 6.45) is 5.46. The molecule has 182 valence electrons. The van der Waals surface area contributed by atoms with Crippen molar-refractivity contribution < 1.29 is 17.9 Å². The second kappa shape index (κ2) is 10.1. The molecule has 0 saturated heterocycles. The van der Waals surface area contributed by atoms with Crippen molar-refractivity contribution in [3.05, 3.63) is 66.5 Å². The molecular weight excluding hydrogens is 472 g/mol. The van der Waals surface area contributed by atoms with Gasteiger partial charge in [-0.3, -0.25) is 14.3 Å². The quantitative estimate of drug-likeness (QED) is 0.366. The van der Waals surface area contributed by atoms with Crippen molar-refractivity contribution in [2.45, 2.75) is 25.2 Å². The molecule has 4 aromatic rings. The minimum atomic E-state index is -4.03. The predicted octanol–water partition coefficient (Wildman–Crippen LogP) is 2.35. The number of anilines is 1. The van der Waals surface area contributed by atoms with E-state index in [-0.39, 0.29) is 11.8 Å². The van der Waals surface area contributed by atoms with Crippen LogP contribution in [0, 0.1) is 6.92 Å². The molecule has 13 heteroatoms. The molecule has 4 heterocycles. The highest BCUT2D eigenvalue weighted by atomic mass is 32.2. The fourth-order valence-corrected chi connectivity index (χ4v) is 4.48. The molecule has 0 aromatic carbocycles. The summed E-state index contributed by atoms with van der Waals surface area (Å²) in [4.78, 5) is 16.9. The largest absolute Gasteiger partial charge is 0.481 e. The fourth-order valence-electron chi connectivity index (χ4n) is 3.35. The van der Waals surface area contributed by atoms with Crippen LogP contribution in [0.15, 0.2) is 55.1 Å². The second-order valence-corrected chi connectivity index (χ2v) is 9.62. The third-order valence-electron chi connectivity index (χ3n) is 5.20. The molecule has 0 fully saturated rings. The number of aryl methyl sites for hydroxylation is 1. The van der Waals surface area contributed by atoms with Crippen LogP contribution in [0.5, 0.6) is 5.88 Å². The van der Waals surface area contributed by atoms with Gasteiger partial charge in [0.1, 0.15) is 17.0 Å². The molecule has 0 aliphatic carbocycles. The molecule has 35 heavy (non-hydrogen) atoms. The van der Waals surface area contributed by atoms with Crippen LogP contribution in [-0.2, 0) is 14.8 Å². The fraction of sp³-hybridized carbons (Fsp3) is 0.273. The molecule has 4 aromatic heterocycles. The zero-order valence-electron chi connectivity index (χ0n) is 19.5. The lowest BCUT2D eigenvalue weighted by Crippen LogP contribution is -2.33. The molecule has 12 nitrogen and oxygen atoms in total. The summed E-state index contributed by atoms with van der Waals surface area (Å²) >= 11 is 0. The van der Waals surface area contributed by atoms with E-state index in [4.69, 9.17) is 9.47 Å². The van der Waals surface area contributed by atoms with E-state index in [0.29, 0.717) is 23.1 Å². The summed E-state index contributed by atoms with van der Waals surface area (Å²) in [5, 5.41) is 7.26. The third-order valence-corrected chi connectivity index (χ3v) is 6.90. The summed E-state index contributed by atoms with van der Waals surface area (Å²) in [5.74, 6) is 0.921. The van der Waals surface area contributed by atoms with Crippen LogP contribution in [0.2, 0.25) is 0 Å². The van der Waals surface area contributed by atoms with Crippen LogP contribution in [0.25, 0.3) is 17.2 Å². The number of pyridine rings is 2. The lowest BCUT2D eigenvalue weighted by Gasteiger charge is -2.22. The SMILES string of the molecule is COc1cccc(-c2nnc(NS(=O)(=O)[C@@H](C)[C@H](OC)c3ncc(C)cn3)n2-c2ccncc2)n1. The Labute approximate surface area is 202 Å². The first kappa shape index (κ1) is 24.2. The molecule has 0 radical (unpaired) electrons. The normalized spacial score (nSPS) is 13.3. The van der Waals surface area contributed by atoms with Crippen molar-refractivity contribution in [2.75, 3.05) is 18.9 Å². The van der Waals surface area contributed by atoms with E-state index in [2.05, 4.69) is 34.9 Å². The number of nitrogens with zero attached hydrogens (tertiary/aromatic N) is 7. The lowest BCUT2D eigenvalue weighted by molar-refractivity contribution is 0.0949. The zero-order valence-corrected chi connectivity index (χ0v) is 20.3. The van der Waals surface area contributed by atoms with Crippen molar-refractivity contribution in [1.29, 1.82) is 0 Å². The van der Waals surface area contributed by atoms with E-state index >= 15 is 0 Å². The van der Waals surface area contributed by atoms with Gasteiger partial charge in [0.05, 0.1) is 12.8 Å². The molecule has 2 atom stereocenters. The summed E-state index contributed by atoms with van der Waals surface area (Å²) in [7, 11) is -1.12. The first-order valence-electron chi connectivity index (χ1n) is 10.5. The number of hydrogen-bond donors (Lipinski definition) is 1. The number of ether oxygens (including phenoxy) is 2.